The normalized spacial score (nSPS) is 16.2. The highest BCUT2D eigenvalue weighted by Gasteiger charge is 2.35. The lowest BCUT2D eigenvalue weighted by molar-refractivity contribution is 0.0725. The van der Waals surface area contributed by atoms with Crippen LogP contribution in [0.15, 0.2) is 53.1 Å². The standard InChI is InChI=1S/C21H18BrF3N4O2.C2H6/c22-21(24,25)20-27-18(28-31-20)14-6-7-16(17(23)10-14)19(30)26-15-8-9-29(12-15)11-13-4-2-1-3-5-13;1-2/h1-7,10,15H,8-9,11-12H2,(H,26,30);1-2H3. The number of hydrogen-bond donors (Lipinski definition) is 1. The van der Waals surface area contributed by atoms with E-state index in [1.807, 2.05) is 32.0 Å². The molecule has 1 aliphatic rings. The fourth-order valence-corrected chi connectivity index (χ4v) is 3.65. The predicted octanol–water partition coefficient (Wildman–Crippen LogP) is 5.35. The fraction of sp³-hybridized carbons (Fsp3) is 0.348. The monoisotopic (exact) mass is 524 g/mol. The summed E-state index contributed by atoms with van der Waals surface area (Å²) >= 11 is 2.12. The van der Waals surface area contributed by atoms with Gasteiger partial charge in [0, 0.05) is 47.2 Å². The molecule has 2 heterocycles. The van der Waals surface area contributed by atoms with E-state index in [0.29, 0.717) is 6.54 Å². The molecular weight excluding hydrogens is 501 g/mol. The Kier molecular flexibility index (Phi) is 8.25. The molecule has 0 spiro atoms. The van der Waals surface area contributed by atoms with Crippen molar-refractivity contribution in [2.24, 2.45) is 0 Å². The Labute approximate surface area is 198 Å². The van der Waals surface area contributed by atoms with Gasteiger partial charge in [0.2, 0.25) is 5.82 Å². The van der Waals surface area contributed by atoms with Gasteiger partial charge >= 0.3 is 10.7 Å². The van der Waals surface area contributed by atoms with Crippen molar-refractivity contribution in [1.82, 2.24) is 20.4 Å². The highest BCUT2D eigenvalue weighted by Crippen LogP contribution is 2.34. The number of carbonyl (C=O) groups is 1. The number of hydrogen-bond acceptors (Lipinski definition) is 5. The second-order valence-electron chi connectivity index (χ2n) is 7.30. The molecule has 176 valence electrons. The molecule has 1 aromatic heterocycles. The van der Waals surface area contributed by atoms with Gasteiger partial charge in [-0.2, -0.15) is 13.8 Å². The van der Waals surface area contributed by atoms with Crippen LogP contribution in [0.5, 0.6) is 0 Å². The summed E-state index contributed by atoms with van der Waals surface area (Å²) in [6.45, 7) is 6.29. The van der Waals surface area contributed by atoms with Crippen molar-refractivity contribution in [3.63, 3.8) is 0 Å². The molecule has 10 heteroatoms. The third-order valence-corrected chi connectivity index (χ3v) is 5.34. The number of amides is 1. The third-order valence-electron chi connectivity index (χ3n) is 5.00. The Morgan fingerprint density at radius 1 is 1.24 bits per heavy atom. The zero-order valence-electron chi connectivity index (χ0n) is 18.2. The van der Waals surface area contributed by atoms with Crippen LogP contribution < -0.4 is 5.32 Å². The smallest absolute Gasteiger partial charge is 0.348 e. The second-order valence-corrected chi connectivity index (χ2v) is 8.29. The van der Waals surface area contributed by atoms with Crippen molar-refractivity contribution in [1.29, 1.82) is 0 Å². The molecule has 4 rings (SSSR count). The van der Waals surface area contributed by atoms with E-state index in [2.05, 4.69) is 52.9 Å². The fourth-order valence-electron chi connectivity index (χ4n) is 3.49. The van der Waals surface area contributed by atoms with Crippen LogP contribution in [0, 0.1) is 5.82 Å². The van der Waals surface area contributed by atoms with Crippen LogP contribution in [-0.4, -0.2) is 40.1 Å². The number of rotatable bonds is 6. The first-order chi connectivity index (χ1) is 15.8. The summed E-state index contributed by atoms with van der Waals surface area (Å²) in [6, 6.07) is 13.6. The molecule has 0 aliphatic carbocycles. The van der Waals surface area contributed by atoms with Crippen LogP contribution in [0.2, 0.25) is 0 Å². The van der Waals surface area contributed by atoms with Crippen LogP contribution in [-0.2, 0) is 11.4 Å². The first kappa shape index (κ1) is 24.9. The van der Waals surface area contributed by atoms with Gasteiger partial charge in [-0.25, -0.2) is 4.39 Å². The maximum Gasteiger partial charge on any atom is 0.378 e. The van der Waals surface area contributed by atoms with Gasteiger partial charge in [0.15, 0.2) is 0 Å². The summed E-state index contributed by atoms with van der Waals surface area (Å²) < 4.78 is 45.4. The SMILES string of the molecule is CC.O=C(NC1CCN(Cc2ccccc2)C1)c1ccc(-c2noc(C(F)(F)Br)n2)cc1F. The highest BCUT2D eigenvalue weighted by atomic mass is 79.9. The van der Waals surface area contributed by atoms with E-state index in [4.69, 9.17) is 0 Å². The maximum absolute atomic E-state index is 14.6. The quantitative estimate of drug-likeness (QED) is 0.440. The molecular formula is C23H24BrF3N4O2. The number of aromatic nitrogens is 2. The lowest BCUT2D eigenvalue weighted by Gasteiger charge is -2.17. The maximum atomic E-state index is 14.6. The van der Waals surface area contributed by atoms with E-state index < -0.39 is 22.4 Å². The number of benzene rings is 2. The minimum Gasteiger partial charge on any atom is -0.348 e. The van der Waals surface area contributed by atoms with Gasteiger partial charge in [0.1, 0.15) is 5.82 Å². The van der Waals surface area contributed by atoms with Crippen molar-refractivity contribution in [2.75, 3.05) is 13.1 Å². The molecule has 0 saturated carbocycles. The summed E-state index contributed by atoms with van der Waals surface area (Å²) in [7, 11) is 0. The summed E-state index contributed by atoms with van der Waals surface area (Å²) in [5, 5.41) is 6.28. The highest BCUT2D eigenvalue weighted by molar-refractivity contribution is 9.09. The molecule has 1 unspecified atom stereocenters. The van der Waals surface area contributed by atoms with E-state index in [1.54, 1.807) is 0 Å². The number of halogens is 4. The van der Waals surface area contributed by atoms with Gasteiger partial charge < -0.3 is 9.84 Å². The molecule has 1 atom stereocenters. The molecule has 33 heavy (non-hydrogen) atoms. The van der Waals surface area contributed by atoms with Gasteiger partial charge in [-0.05, 0) is 24.1 Å². The zero-order chi connectivity index (χ0) is 24.0. The van der Waals surface area contributed by atoms with E-state index in [9.17, 15) is 18.0 Å². The Morgan fingerprint density at radius 3 is 2.61 bits per heavy atom. The van der Waals surface area contributed by atoms with Crippen molar-refractivity contribution >= 4 is 21.8 Å². The lowest BCUT2D eigenvalue weighted by Crippen LogP contribution is -2.37. The summed E-state index contributed by atoms with van der Waals surface area (Å²) in [6.07, 6.45) is 0.769. The first-order valence-corrected chi connectivity index (χ1v) is 11.4. The van der Waals surface area contributed by atoms with E-state index in [-0.39, 0.29) is 23.0 Å². The largest absolute Gasteiger partial charge is 0.378 e. The molecule has 1 saturated heterocycles. The van der Waals surface area contributed by atoms with Crippen molar-refractivity contribution in [3.8, 4) is 11.4 Å². The Morgan fingerprint density at radius 2 is 1.97 bits per heavy atom. The van der Waals surface area contributed by atoms with Gasteiger partial charge in [-0.3, -0.25) is 9.69 Å². The Balaban J connectivity index is 0.00000149. The average molecular weight is 525 g/mol. The molecule has 1 N–H and O–H groups in total. The summed E-state index contributed by atoms with van der Waals surface area (Å²) in [5.74, 6) is -2.47. The van der Waals surface area contributed by atoms with Crippen LogP contribution >= 0.6 is 15.9 Å². The van der Waals surface area contributed by atoms with Crippen LogP contribution in [0.4, 0.5) is 13.2 Å². The Bertz CT molecular complexity index is 1070. The molecule has 6 nitrogen and oxygen atoms in total. The van der Waals surface area contributed by atoms with Crippen molar-refractivity contribution < 1.29 is 22.5 Å². The van der Waals surface area contributed by atoms with E-state index >= 15 is 0 Å². The Hall–Kier alpha value is -2.72. The number of nitrogens with zero attached hydrogens (tertiary/aromatic N) is 3. The van der Waals surface area contributed by atoms with Crippen molar-refractivity contribution in [2.45, 2.75) is 37.7 Å². The minimum atomic E-state index is -3.48. The molecule has 2 aromatic carbocycles. The van der Waals surface area contributed by atoms with Gasteiger partial charge in [-0.1, -0.05) is 55.4 Å². The summed E-state index contributed by atoms with van der Waals surface area (Å²) in [4.78, 5) is 14.8. The molecule has 0 radical (unpaired) electrons. The average Bonchev–Trinajstić information content (AvgIpc) is 3.46. The van der Waals surface area contributed by atoms with Gasteiger partial charge in [-0.15, -0.1) is 0 Å². The van der Waals surface area contributed by atoms with Crippen LogP contribution in [0.25, 0.3) is 11.4 Å². The predicted molar refractivity (Wildman–Crippen MR) is 121 cm³/mol. The summed E-state index contributed by atoms with van der Waals surface area (Å²) in [5.41, 5.74) is 1.17. The van der Waals surface area contributed by atoms with Crippen LogP contribution in [0.1, 0.15) is 42.1 Å². The van der Waals surface area contributed by atoms with Crippen molar-refractivity contribution in [3.05, 3.63) is 71.4 Å². The minimum absolute atomic E-state index is 0.0868. The molecule has 1 fully saturated rings. The molecule has 1 aliphatic heterocycles. The number of likely N-dealkylation sites (tertiary alicyclic amines) is 1. The second kappa shape index (κ2) is 10.9. The number of nitrogens with one attached hydrogen (secondary N) is 1. The molecule has 3 aromatic rings. The lowest BCUT2D eigenvalue weighted by atomic mass is 10.1. The first-order valence-electron chi connectivity index (χ1n) is 10.6. The number of alkyl halides is 3. The third kappa shape index (κ3) is 6.42. The topological polar surface area (TPSA) is 71.3 Å². The molecule has 0 bridgehead atoms. The molecule has 1 amide bonds. The van der Waals surface area contributed by atoms with Crippen LogP contribution in [0.3, 0.4) is 0 Å². The van der Waals surface area contributed by atoms with E-state index in [1.165, 1.54) is 17.7 Å². The van der Waals surface area contributed by atoms with E-state index in [0.717, 1.165) is 25.6 Å². The van der Waals surface area contributed by atoms with Gasteiger partial charge in [0.05, 0.1) is 5.56 Å². The number of carbonyl (C=O) groups excluding carboxylic acids is 1. The zero-order valence-corrected chi connectivity index (χ0v) is 19.8. The van der Waals surface area contributed by atoms with Gasteiger partial charge in [0.25, 0.3) is 5.91 Å².